The van der Waals surface area contributed by atoms with E-state index in [1.54, 1.807) is 23.4 Å². The van der Waals surface area contributed by atoms with Crippen LogP contribution in [0.3, 0.4) is 0 Å². The second-order valence-electron chi connectivity index (χ2n) is 4.42. The SMILES string of the molecule is NCC(=O)N1CCN(c2ncccn2)CC1.O=C(O)C(F)(F)F. The van der Waals surface area contributed by atoms with E-state index in [1.807, 2.05) is 0 Å². The molecule has 0 aromatic carbocycles. The number of aliphatic carboxylic acids is 1. The number of rotatable bonds is 2. The van der Waals surface area contributed by atoms with Gasteiger partial charge in [0.1, 0.15) is 0 Å². The van der Waals surface area contributed by atoms with Gasteiger partial charge in [-0.25, -0.2) is 14.8 Å². The van der Waals surface area contributed by atoms with Gasteiger partial charge in [0.05, 0.1) is 6.54 Å². The fourth-order valence-electron chi connectivity index (χ4n) is 1.74. The lowest BCUT2D eigenvalue weighted by molar-refractivity contribution is -0.192. The normalized spacial score (nSPS) is 14.8. The highest BCUT2D eigenvalue weighted by molar-refractivity contribution is 5.78. The van der Waals surface area contributed by atoms with Crippen molar-refractivity contribution in [3.05, 3.63) is 18.5 Å². The maximum absolute atomic E-state index is 11.4. The number of aromatic nitrogens is 2. The number of carboxylic acids is 1. The molecule has 1 aliphatic rings. The summed E-state index contributed by atoms with van der Waals surface area (Å²) in [7, 11) is 0. The lowest BCUT2D eigenvalue weighted by Crippen LogP contribution is -2.50. The summed E-state index contributed by atoms with van der Waals surface area (Å²) >= 11 is 0. The molecule has 1 aromatic heterocycles. The predicted octanol–water partition coefficient (Wildman–Crippen LogP) is -0.283. The lowest BCUT2D eigenvalue weighted by atomic mass is 10.3. The van der Waals surface area contributed by atoms with Gasteiger partial charge in [-0.1, -0.05) is 0 Å². The van der Waals surface area contributed by atoms with E-state index in [0.717, 1.165) is 19.0 Å². The Kier molecular flexibility index (Phi) is 6.69. The Morgan fingerprint density at radius 3 is 2.04 bits per heavy atom. The van der Waals surface area contributed by atoms with Crippen LogP contribution in [0, 0.1) is 0 Å². The molecule has 23 heavy (non-hydrogen) atoms. The number of nitrogens with two attached hydrogens (primary N) is 1. The van der Waals surface area contributed by atoms with Gasteiger partial charge in [-0.2, -0.15) is 13.2 Å². The molecule has 3 N–H and O–H groups in total. The first kappa shape index (κ1) is 18.6. The molecule has 0 atom stereocenters. The van der Waals surface area contributed by atoms with Crippen molar-refractivity contribution in [1.82, 2.24) is 14.9 Å². The monoisotopic (exact) mass is 335 g/mol. The first-order valence-corrected chi connectivity index (χ1v) is 6.55. The Balaban J connectivity index is 0.000000322. The fraction of sp³-hybridized carbons (Fsp3) is 0.500. The number of alkyl halides is 3. The summed E-state index contributed by atoms with van der Waals surface area (Å²) < 4.78 is 31.7. The van der Waals surface area contributed by atoms with Crippen LogP contribution in [-0.4, -0.2) is 70.8 Å². The van der Waals surface area contributed by atoms with Gasteiger partial charge in [-0.15, -0.1) is 0 Å². The third-order valence-corrected chi connectivity index (χ3v) is 2.88. The molecule has 0 spiro atoms. The zero-order valence-corrected chi connectivity index (χ0v) is 12.0. The minimum Gasteiger partial charge on any atom is -0.475 e. The van der Waals surface area contributed by atoms with Crippen molar-refractivity contribution >= 4 is 17.8 Å². The van der Waals surface area contributed by atoms with Crippen LogP contribution in [0.4, 0.5) is 19.1 Å². The molecule has 8 nitrogen and oxygen atoms in total. The van der Waals surface area contributed by atoms with Crippen LogP contribution in [0.2, 0.25) is 0 Å². The third kappa shape index (κ3) is 6.06. The van der Waals surface area contributed by atoms with Crippen molar-refractivity contribution in [2.45, 2.75) is 6.18 Å². The van der Waals surface area contributed by atoms with Crippen LogP contribution in [-0.2, 0) is 9.59 Å². The van der Waals surface area contributed by atoms with Crippen molar-refractivity contribution in [2.24, 2.45) is 5.73 Å². The van der Waals surface area contributed by atoms with E-state index >= 15 is 0 Å². The van der Waals surface area contributed by atoms with Crippen molar-refractivity contribution in [3.8, 4) is 0 Å². The first-order chi connectivity index (χ1) is 10.8. The molecule has 1 aliphatic heterocycles. The summed E-state index contributed by atoms with van der Waals surface area (Å²) in [6.07, 6.45) is -1.64. The van der Waals surface area contributed by atoms with Gasteiger partial charge < -0.3 is 20.6 Å². The summed E-state index contributed by atoms with van der Waals surface area (Å²) in [5.41, 5.74) is 5.32. The average molecular weight is 335 g/mol. The quantitative estimate of drug-likeness (QED) is 0.764. The van der Waals surface area contributed by atoms with Gasteiger partial charge in [0, 0.05) is 38.6 Å². The Bertz CT molecular complexity index is 518. The van der Waals surface area contributed by atoms with E-state index in [9.17, 15) is 18.0 Å². The van der Waals surface area contributed by atoms with E-state index in [-0.39, 0.29) is 12.5 Å². The summed E-state index contributed by atoms with van der Waals surface area (Å²) in [5, 5.41) is 7.12. The number of nitrogens with zero attached hydrogens (tertiary/aromatic N) is 4. The van der Waals surface area contributed by atoms with Crippen molar-refractivity contribution in [1.29, 1.82) is 0 Å². The molecule has 0 aliphatic carbocycles. The van der Waals surface area contributed by atoms with Crippen molar-refractivity contribution < 1.29 is 27.9 Å². The molecule has 1 fully saturated rings. The molecular formula is C12H16F3N5O3. The Labute approximate surface area is 129 Å². The molecular weight excluding hydrogens is 319 g/mol. The number of carbonyl (C=O) groups excluding carboxylic acids is 1. The third-order valence-electron chi connectivity index (χ3n) is 2.88. The molecule has 11 heteroatoms. The molecule has 2 rings (SSSR count). The second kappa shape index (κ2) is 8.27. The molecule has 1 amide bonds. The van der Waals surface area contributed by atoms with E-state index < -0.39 is 12.1 Å². The minimum atomic E-state index is -5.08. The van der Waals surface area contributed by atoms with E-state index in [1.165, 1.54) is 0 Å². The van der Waals surface area contributed by atoms with Gasteiger partial charge in [-0.05, 0) is 6.07 Å². The van der Waals surface area contributed by atoms with E-state index in [2.05, 4.69) is 14.9 Å². The van der Waals surface area contributed by atoms with Gasteiger partial charge in [-0.3, -0.25) is 4.79 Å². The number of carboxylic acid groups (broad SMARTS) is 1. The Morgan fingerprint density at radius 2 is 1.65 bits per heavy atom. The molecule has 128 valence electrons. The fourth-order valence-corrected chi connectivity index (χ4v) is 1.74. The van der Waals surface area contributed by atoms with E-state index in [4.69, 9.17) is 15.6 Å². The standard InChI is InChI=1S/C10H15N5O.C2HF3O2/c11-8-9(16)14-4-6-15(7-5-14)10-12-2-1-3-13-10;3-2(4,5)1(6)7/h1-3H,4-8,11H2;(H,6,7). The minimum absolute atomic E-state index is 0.00799. The smallest absolute Gasteiger partial charge is 0.475 e. The summed E-state index contributed by atoms with van der Waals surface area (Å²) in [4.78, 5) is 32.5. The molecule has 1 aromatic rings. The second-order valence-corrected chi connectivity index (χ2v) is 4.42. The summed E-state index contributed by atoms with van der Waals surface area (Å²) in [6.45, 7) is 2.98. The number of hydrogen-bond donors (Lipinski definition) is 2. The predicted molar refractivity (Wildman–Crippen MR) is 73.6 cm³/mol. The topological polar surface area (TPSA) is 113 Å². The van der Waals surface area contributed by atoms with Crippen molar-refractivity contribution in [2.75, 3.05) is 37.6 Å². The maximum Gasteiger partial charge on any atom is 0.490 e. The van der Waals surface area contributed by atoms with Crippen molar-refractivity contribution in [3.63, 3.8) is 0 Å². The van der Waals surface area contributed by atoms with Crippen LogP contribution in [0.25, 0.3) is 0 Å². The Hall–Kier alpha value is -2.43. The van der Waals surface area contributed by atoms with Crippen LogP contribution < -0.4 is 10.6 Å². The number of piperazine rings is 1. The van der Waals surface area contributed by atoms with Gasteiger partial charge >= 0.3 is 12.1 Å². The number of halogens is 3. The zero-order chi connectivity index (χ0) is 17.5. The van der Waals surface area contributed by atoms with Crippen LogP contribution in [0.15, 0.2) is 18.5 Å². The molecule has 0 bridgehead atoms. The zero-order valence-electron chi connectivity index (χ0n) is 12.0. The highest BCUT2D eigenvalue weighted by Gasteiger charge is 2.38. The largest absolute Gasteiger partial charge is 0.490 e. The maximum atomic E-state index is 11.4. The molecule has 1 saturated heterocycles. The van der Waals surface area contributed by atoms with E-state index in [0.29, 0.717) is 13.1 Å². The number of carbonyl (C=O) groups is 2. The molecule has 2 heterocycles. The Morgan fingerprint density at radius 1 is 1.17 bits per heavy atom. The van der Waals surface area contributed by atoms with Gasteiger partial charge in [0.25, 0.3) is 0 Å². The molecule has 0 radical (unpaired) electrons. The van der Waals surface area contributed by atoms with Gasteiger partial charge in [0.15, 0.2) is 0 Å². The van der Waals surface area contributed by atoms with Crippen LogP contribution in [0.5, 0.6) is 0 Å². The number of hydrogen-bond acceptors (Lipinski definition) is 6. The lowest BCUT2D eigenvalue weighted by Gasteiger charge is -2.34. The highest BCUT2D eigenvalue weighted by atomic mass is 19.4. The number of amides is 1. The highest BCUT2D eigenvalue weighted by Crippen LogP contribution is 2.13. The molecule has 0 unspecified atom stereocenters. The average Bonchev–Trinajstić information content (AvgIpc) is 2.55. The van der Waals surface area contributed by atoms with Gasteiger partial charge in [0.2, 0.25) is 11.9 Å². The number of anilines is 1. The van der Waals surface area contributed by atoms with Crippen LogP contribution >= 0.6 is 0 Å². The summed E-state index contributed by atoms with van der Waals surface area (Å²) in [5.74, 6) is -2.02. The molecule has 0 saturated carbocycles. The summed E-state index contributed by atoms with van der Waals surface area (Å²) in [6, 6.07) is 1.79. The van der Waals surface area contributed by atoms with Crippen LogP contribution in [0.1, 0.15) is 0 Å². The first-order valence-electron chi connectivity index (χ1n) is 6.55.